The maximum atomic E-state index is 12.0. The van der Waals surface area contributed by atoms with Crippen LogP contribution >= 0.6 is 0 Å². The number of halogens is 2. The molecule has 1 heterocycles. The van der Waals surface area contributed by atoms with Crippen molar-refractivity contribution in [2.75, 3.05) is 0 Å². The summed E-state index contributed by atoms with van der Waals surface area (Å²) in [5.74, 6) is 0.232. The molecule has 0 saturated carbocycles. The Hall–Kier alpha value is -0.940. The lowest BCUT2D eigenvalue weighted by molar-refractivity contribution is 0.104. The quantitative estimate of drug-likeness (QED) is 0.725. The van der Waals surface area contributed by atoms with Gasteiger partial charge in [0.25, 0.3) is 6.43 Å². The van der Waals surface area contributed by atoms with Gasteiger partial charge in [-0.2, -0.15) is 0 Å². The number of rotatable bonds is 3. The first-order valence-corrected chi connectivity index (χ1v) is 3.38. The molecule has 1 atom stereocenters. The minimum absolute atomic E-state index is 0.00551. The highest BCUT2D eigenvalue weighted by Crippen LogP contribution is 2.20. The van der Waals surface area contributed by atoms with Gasteiger partial charge >= 0.3 is 0 Å². The molecule has 1 rings (SSSR count). The van der Waals surface area contributed by atoms with Gasteiger partial charge in [-0.05, 0) is 12.1 Å². The molecule has 0 aliphatic heterocycles. The van der Waals surface area contributed by atoms with Crippen molar-refractivity contribution in [2.45, 2.75) is 19.1 Å². The normalized spacial score (nSPS) is 13.8. The average molecular weight is 177 g/mol. The molecule has 0 amide bonds. The van der Waals surface area contributed by atoms with E-state index in [9.17, 15) is 8.78 Å². The van der Waals surface area contributed by atoms with Crippen LogP contribution in [0.5, 0.6) is 0 Å². The van der Waals surface area contributed by atoms with Gasteiger partial charge in [0, 0.05) is 0 Å². The molecule has 0 saturated heterocycles. The predicted molar refractivity (Wildman–Crippen MR) is 37.6 cm³/mol. The first-order valence-electron chi connectivity index (χ1n) is 3.38. The van der Waals surface area contributed by atoms with Crippen LogP contribution in [0.4, 0.5) is 8.78 Å². The van der Waals surface area contributed by atoms with Gasteiger partial charge in [-0.25, -0.2) is 8.78 Å². The first kappa shape index (κ1) is 9.15. The van der Waals surface area contributed by atoms with E-state index in [1.54, 1.807) is 0 Å². The van der Waals surface area contributed by atoms with Crippen molar-refractivity contribution in [2.24, 2.45) is 5.73 Å². The standard InChI is InChI=1S/C7H9F2NO2/c8-7(9)6(10)5-2-1-4(3-11)12-5/h1-2,6-7,11H,3,10H2/t6-/m1/s1. The Morgan fingerprint density at radius 2 is 2.17 bits per heavy atom. The molecular weight excluding hydrogens is 168 g/mol. The highest BCUT2D eigenvalue weighted by Gasteiger charge is 2.20. The molecule has 0 aromatic carbocycles. The zero-order chi connectivity index (χ0) is 9.14. The fourth-order valence-electron chi connectivity index (χ4n) is 0.783. The van der Waals surface area contributed by atoms with Crippen LogP contribution in [0.2, 0.25) is 0 Å². The molecule has 0 aliphatic rings. The van der Waals surface area contributed by atoms with Crippen molar-refractivity contribution in [3.8, 4) is 0 Å². The summed E-state index contributed by atoms with van der Waals surface area (Å²) in [7, 11) is 0. The first-order chi connectivity index (χ1) is 5.65. The Labute approximate surface area is 67.8 Å². The van der Waals surface area contributed by atoms with E-state index in [2.05, 4.69) is 0 Å². The summed E-state index contributed by atoms with van der Waals surface area (Å²) in [5.41, 5.74) is 5.08. The van der Waals surface area contributed by atoms with Gasteiger partial charge in [-0.1, -0.05) is 0 Å². The third-order valence-corrected chi connectivity index (χ3v) is 1.44. The fourth-order valence-corrected chi connectivity index (χ4v) is 0.783. The van der Waals surface area contributed by atoms with Gasteiger partial charge in [0.05, 0.1) is 0 Å². The fraction of sp³-hybridized carbons (Fsp3) is 0.429. The molecule has 0 fully saturated rings. The number of hydrogen-bond acceptors (Lipinski definition) is 3. The number of alkyl halides is 2. The molecule has 0 bridgehead atoms. The van der Waals surface area contributed by atoms with Crippen LogP contribution in [0.3, 0.4) is 0 Å². The zero-order valence-corrected chi connectivity index (χ0v) is 6.21. The average Bonchev–Trinajstić information content (AvgIpc) is 2.50. The van der Waals surface area contributed by atoms with Crippen LogP contribution in [0.25, 0.3) is 0 Å². The van der Waals surface area contributed by atoms with E-state index < -0.39 is 12.5 Å². The number of hydrogen-bond donors (Lipinski definition) is 2. The van der Waals surface area contributed by atoms with E-state index >= 15 is 0 Å². The summed E-state index contributed by atoms with van der Waals surface area (Å²) in [6.45, 7) is -0.310. The lowest BCUT2D eigenvalue weighted by atomic mass is 10.2. The smallest absolute Gasteiger partial charge is 0.260 e. The van der Waals surface area contributed by atoms with Crippen molar-refractivity contribution < 1.29 is 18.3 Å². The Morgan fingerprint density at radius 1 is 1.50 bits per heavy atom. The largest absolute Gasteiger partial charge is 0.462 e. The van der Waals surface area contributed by atoms with Crippen LogP contribution in [-0.4, -0.2) is 11.5 Å². The lowest BCUT2D eigenvalue weighted by Gasteiger charge is -2.05. The summed E-state index contributed by atoms with van der Waals surface area (Å²) >= 11 is 0. The second-order valence-corrected chi connectivity index (χ2v) is 2.32. The zero-order valence-electron chi connectivity index (χ0n) is 6.21. The van der Waals surface area contributed by atoms with Gasteiger partial charge in [0.2, 0.25) is 0 Å². The molecule has 0 spiro atoms. The van der Waals surface area contributed by atoms with E-state index in [1.165, 1.54) is 12.1 Å². The molecule has 3 nitrogen and oxygen atoms in total. The molecular formula is C7H9F2NO2. The van der Waals surface area contributed by atoms with E-state index in [4.69, 9.17) is 15.3 Å². The second-order valence-electron chi connectivity index (χ2n) is 2.32. The number of aliphatic hydroxyl groups is 1. The van der Waals surface area contributed by atoms with Gasteiger partial charge < -0.3 is 15.3 Å². The summed E-state index contributed by atoms with van der Waals surface area (Å²) in [6.07, 6.45) is -2.65. The van der Waals surface area contributed by atoms with E-state index in [1.807, 2.05) is 0 Å². The van der Waals surface area contributed by atoms with Gasteiger partial charge in [0.15, 0.2) is 0 Å². The topological polar surface area (TPSA) is 59.4 Å². The molecule has 1 aromatic heterocycles. The molecule has 68 valence electrons. The van der Waals surface area contributed by atoms with E-state index in [0.717, 1.165) is 0 Å². The number of nitrogens with two attached hydrogens (primary N) is 1. The Kier molecular flexibility index (Phi) is 2.78. The third-order valence-electron chi connectivity index (χ3n) is 1.44. The molecule has 5 heteroatoms. The van der Waals surface area contributed by atoms with Crippen LogP contribution in [0.1, 0.15) is 17.6 Å². The van der Waals surface area contributed by atoms with Gasteiger partial charge in [-0.3, -0.25) is 0 Å². The Balaban J connectivity index is 2.74. The summed E-state index contributed by atoms with van der Waals surface area (Å²) in [5, 5.41) is 8.55. The van der Waals surface area contributed by atoms with Crippen molar-refractivity contribution in [3.63, 3.8) is 0 Å². The second kappa shape index (κ2) is 3.64. The van der Waals surface area contributed by atoms with Crippen LogP contribution < -0.4 is 5.73 Å². The van der Waals surface area contributed by atoms with Gasteiger partial charge in [-0.15, -0.1) is 0 Å². The van der Waals surface area contributed by atoms with Crippen molar-refractivity contribution in [1.82, 2.24) is 0 Å². The van der Waals surface area contributed by atoms with E-state index in [0.29, 0.717) is 0 Å². The molecule has 12 heavy (non-hydrogen) atoms. The van der Waals surface area contributed by atoms with Crippen molar-refractivity contribution >= 4 is 0 Å². The summed E-state index contributed by atoms with van der Waals surface area (Å²) in [4.78, 5) is 0. The minimum Gasteiger partial charge on any atom is -0.462 e. The van der Waals surface area contributed by atoms with Crippen LogP contribution in [0.15, 0.2) is 16.5 Å². The predicted octanol–water partition coefficient (Wildman–Crippen LogP) is 1.04. The molecule has 1 aromatic rings. The number of aliphatic hydroxyl groups excluding tert-OH is 1. The van der Waals surface area contributed by atoms with Crippen molar-refractivity contribution in [1.29, 1.82) is 0 Å². The molecule has 0 radical (unpaired) electrons. The monoisotopic (exact) mass is 177 g/mol. The summed E-state index contributed by atoms with van der Waals surface area (Å²) in [6, 6.07) is 1.34. The maximum absolute atomic E-state index is 12.0. The highest BCUT2D eigenvalue weighted by molar-refractivity contribution is 5.10. The minimum atomic E-state index is -2.65. The highest BCUT2D eigenvalue weighted by atomic mass is 19.3. The molecule has 0 unspecified atom stereocenters. The SMILES string of the molecule is N[C@H](c1ccc(CO)o1)C(F)F. The summed E-state index contributed by atoms with van der Waals surface area (Å²) < 4.78 is 28.8. The van der Waals surface area contributed by atoms with Crippen molar-refractivity contribution in [3.05, 3.63) is 23.7 Å². The van der Waals surface area contributed by atoms with Crippen LogP contribution in [0, 0.1) is 0 Å². The Morgan fingerprint density at radius 3 is 2.58 bits per heavy atom. The number of furan rings is 1. The Bertz CT molecular complexity index is 249. The van der Waals surface area contributed by atoms with E-state index in [-0.39, 0.29) is 18.1 Å². The third kappa shape index (κ3) is 1.80. The lowest BCUT2D eigenvalue weighted by Crippen LogP contribution is -2.17. The molecule has 3 N–H and O–H groups in total. The molecule has 0 aliphatic carbocycles. The maximum Gasteiger partial charge on any atom is 0.260 e. The van der Waals surface area contributed by atoms with Gasteiger partial charge in [0.1, 0.15) is 24.2 Å². The van der Waals surface area contributed by atoms with Crippen LogP contribution in [-0.2, 0) is 6.61 Å².